The highest BCUT2D eigenvalue weighted by Gasteiger charge is 2.49. The van der Waals surface area contributed by atoms with E-state index in [0.29, 0.717) is 6.42 Å². The number of halogens is 1. The summed E-state index contributed by atoms with van der Waals surface area (Å²) in [5.41, 5.74) is 12.9. The molecule has 1 aliphatic heterocycles. The van der Waals surface area contributed by atoms with Crippen LogP contribution in [0.25, 0.3) is 10.4 Å². The fraction of sp³-hybridized carbons (Fsp3) is 0.333. The Hall–Kier alpha value is -2.01. The SMILES string of the molecule is [N-]=[N+]=NC[C@@H]1C[C@@H]2c3ccccc3Cc3ccc(F)cc3[C@H]2[S@+]1[O-]. The van der Waals surface area contributed by atoms with E-state index in [1.54, 1.807) is 0 Å². The molecular formula is C18H16FN3OS. The molecule has 0 unspecified atom stereocenters. The maximum atomic E-state index is 13.9. The quantitative estimate of drug-likeness (QED) is 0.346. The summed E-state index contributed by atoms with van der Waals surface area (Å²) in [6.07, 6.45) is 1.43. The fourth-order valence-electron chi connectivity index (χ4n) is 4.03. The highest BCUT2D eigenvalue weighted by atomic mass is 32.2. The van der Waals surface area contributed by atoms with Crippen molar-refractivity contribution < 1.29 is 8.94 Å². The number of benzene rings is 2. The summed E-state index contributed by atoms with van der Waals surface area (Å²) in [5, 5.41) is 3.21. The minimum absolute atomic E-state index is 0.0731. The van der Waals surface area contributed by atoms with Gasteiger partial charge in [0.05, 0.1) is 6.54 Å². The lowest BCUT2D eigenvalue weighted by molar-refractivity contribution is 0.579. The zero-order valence-corrected chi connectivity index (χ0v) is 13.7. The molecule has 0 saturated carbocycles. The van der Waals surface area contributed by atoms with Crippen LogP contribution in [-0.2, 0) is 17.6 Å². The molecule has 24 heavy (non-hydrogen) atoms. The Morgan fingerprint density at radius 2 is 2.00 bits per heavy atom. The van der Waals surface area contributed by atoms with Gasteiger partial charge < -0.3 is 4.55 Å². The minimum atomic E-state index is -1.20. The van der Waals surface area contributed by atoms with Crippen molar-refractivity contribution in [2.24, 2.45) is 5.11 Å². The first-order valence-corrected chi connectivity index (χ1v) is 9.23. The van der Waals surface area contributed by atoms with Crippen molar-refractivity contribution in [3.8, 4) is 0 Å². The average Bonchev–Trinajstić information content (AvgIpc) is 2.84. The number of fused-ring (bicyclic) bond motifs is 5. The monoisotopic (exact) mass is 341 g/mol. The highest BCUT2D eigenvalue weighted by Crippen LogP contribution is 2.53. The van der Waals surface area contributed by atoms with Gasteiger partial charge in [0.25, 0.3) is 0 Å². The molecular weight excluding hydrogens is 325 g/mol. The van der Waals surface area contributed by atoms with E-state index in [2.05, 4.69) is 22.2 Å². The predicted octanol–water partition coefficient (Wildman–Crippen LogP) is 4.39. The lowest BCUT2D eigenvalue weighted by atomic mass is 9.87. The molecule has 122 valence electrons. The van der Waals surface area contributed by atoms with Gasteiger partial charge in [-0.15, -0.1) is 0 Å². The summed E-state index contributed by atoms with van der Waals surface area (Å²) in [7, 11) is 0. The number of hydrogen-bond acceptors (Lipinski definition) is 2. The van der Waals surface area contributed by atoms with Crippen LogP contribution in [0.15, 0.2) is 47.6 Å². The Labute approximate surface area is 142 Å². The van der Waals surface area contributed by atoms with Crippen LogP contribution in [-0.4, -0.2) is 16.3 Å². The Morgan fingerprint density at radius 3 is 2.83 bits per heavy atom. The van der Waals surface area contributed by atoms with Gasteiger partial charge in [0.2, 0.25) is 0 Å². The van der Waals surface area contributed by atoms with Crippen molar-refractivity contribution in [1.29, 1.82) is 0 Å². The molecule has 2 aromatic carbocycles. The molecule has 2 aliphatic rings. The second-order valence-corrected chi connectivity index (χ2v) is 8.18. The second kappa shape index (κ2) is 6.13. The molecule has 0 N–H and O–H groups in total. The minimum Gasteiger partial charge on any atom is -0.616 e. The van der Waals surface area contributed by atoms with Gasteiger partial charge in [0.15, 0.2) is 0 Å². The molecule has 0 radical (unpaired) electrons. The summed E-state index contributed by atoms with van der Waals surface area (Å²) in [6.45, 7) is 0.225. The van der Waals surface area contributed by atoms with Gasteiger partial charge in [-0.1, -0.05) is 35.4 Å². The van der Waals surface area contributed by atoms with Crippen LogP contribution in [0.2, 0.25) is 0 Å². The first-order chi connectivity index (χ1) is 11.7. The standard InChI is InChI=1S/C18H16FN3OS/c19-13-6-5-12-7-11-3-1-2-4-15(11)17-9-14(10-21-22-20)24(23)18(17)16(12)8-13/h1-6,8,14,17-18H,7,9-10H2/t14-,17+,18+,24+/m0/s1. The normalized spacial score (nSPS) is 27.4. The molecule has 0 aromatic heterocycles. The summed E-state index contributed by atoms with van der Waals surface area (Å²) in [5.74, 6) is -0.224. The first kappa shape index (κ1) is 15.5. The maximum Gasteiger partial charge on any atom is 0.148 e. The van der Waals surface area contributed by atoms with Crippen LogP contribution in [0.4, 0.5) is 4.39 Å². The van der Waals surface area contributed by atoms with E-state index in [4.69, 9.17) is 5.53 Å². The molecule has 0 spiro atoms. The topological polar surface area (TPSA) is 71.8 Å². The van der Waals surface area contributed by atoms with Crippen LogP contribution in [0, 0.1) is 5.82 Å². The summed E-state index contributed by atoms with van der Waals surface area (Å²) in [4.78, 5) is 2.80. The molecule has 1 heterocycles. The molecule has 0 amide bonds. The van der Waals surface area contributed by atoms with Gasteiger partial charge in [-0.2, -0.15) is 0 Å². The number of azide groups is 1. The second-order valence-electron chi connectivity index (χ2n) is 6.35. The molecule has 2 aromatic rings. The van der Waals surface area contributed by atoms with E-state index in [9.17, 15) is 8.94 Å². The van der Waals surface area contributed by atoms with Gasteiger partial charge in [0.1, 0.15) is 16.3 Å². The maximum absolute atomic E-state index is 13.9. The molecule has 4 rings (SSSR count). The molecule has 1 saturated heterocycles. The number of nitrogens with zero attached hydrogens (tertiary/aromatic N) is 3. The Balaban J connectivity index is 1.86. The zero-order chi connectivity index (χ0) is 16.7. The lowest BCUT2D eigenvalue weighted by Gasteiger charge is -2.22. The Morgan fingerprint density at radius 1 is 1.21 bits per heavy atom. The largest absolute Gasteiger partial charge is 0.616 e. The third kappa shape index (κ3) is 2.47. The molecule has 0 bridgehead atoms. The average molecular weight is 341 g/mol. The third-order valence-electron chi connectivity index (χ3n) is 5.06. The van der Waals surface area contributed by atoms with E-state index in [-0.39, 0.29) is 28.8 Å². The van der Waals surface area contributed by atoms with Gasteiger partial charge >= 0.3 is 0 Å². The van der Waals surface area contributed by atoms with E-state index in [0.717, 1.165) is 17.5 Å². The van der Waals surface area contributed by atoms with Crippen molar-refractivity contribution in [2.75, 3.05) is 6.54 Å². The first-order valence-electron chi connectivity index (χ1n) is 7.95. The number of rotatable bonds is 2. The van der Waals surface area contributed by atoms with Gasteiger partial charge in [-0.25, -0.2) is 4.39 Å². The van der Waals surface area contributed by atoms with Gasteiger partial charge in [0, 0.05) is 22.8 Å². The Kier molecular flexibility index (Phi) is 3.96. The highest BCUT2D eigenvalue weighted by molar-refractivity contribution is 7.92. The molecule has 6 heteroatoms. The van der Waals surface area contributed by atoms with Crippen LogP contribution in [0.1, 0.15) is 39.8 Å². The lowest BCUT2D eigenvalue weighted by Crippen LogP contribution is -2.21. The van der Waals surface area contributed by atoms with E-state index in [1.165, 1.54) is 23.3 Å². The van der Waals surface area contributed by atoms with Crippen LogP contribution < -0.4 is 0 Å². The molecule has 4 nitrogen and oxygen atoms in total. The summed E-state index contributed by atoms with van der Waals surface area (Å²) in [6, 6.07) is 13.0. The third-order valence-corrected chi connectivity index (χ3v) is 7.14. The fourth-order valence-corrected chi connectivity index (χ4v) is 6.11. The van der Waals surface area contributed by atoms with Gasteiger partial charge in [-0.05, 0) is 52.0 Å². The molecule has 1 fully saturated rings. The van der Waals surface area contributed by atoms with Crippen molar-refractivity contribution in [1.82, 2.24) is 0 Å². The van der Waals surface area contributed by atoms with E-state index in [1.807, 2.05) is 18.2 Å². The van der Waals surface area contributed by atoms with E-state index < -0.39 is 11.2 Å². The van der Waals surface area contributed by atoms with Crippen molar-refractivity contribution in [3.05, 3.63) is 81.0 Å². The summed E-state index contributed by atoms with van der Waals surface area (Å²) < 4.78 is 27.0. The number of hydrogen-bond donors (Lipinski definition) is 0. The van der Waals surface area contributed by atoms with Crippen LogP contribution >= 0.6 is 0 Å². The zero-order valence-electron chi connectivity index (χ0n) is 12.9. The van der Waals surface area contributed by atoms with Gasteiger partial charge in [-0.3, -0.25) is 0 Å². The van der Waals surface area contributed by atoms with Crippen LogP contribution in [0.5, 0.6) is 0 Å². The van der Waals surface area contributed by atoms with Crippen molar-refractivity contribution in [2.45, 2.75) is 29.3 Å². The van der Waals surface area contributed by atoms with Crippen molar-refractivity contribution in [3.63, 3.8) is 0 Å². The molecule has 1 aliphatic carbocycles. The smallest absolute Gasteiger partial charge is 0.148 e. The molecule has 4 atom stereocenters. The predicted molar refractivity (Wildman–Crippen MR) is 91.7 cm³/mol. The summed E-state index contributed by atoms with van der Waals surface area (Å²) >= 11 is -1.20. The van der Waals surface area contributed by atoms with E-state index >= 15 is 0 Å². The van der Waals surface area contributed by atoms with Crippen LogP contribution in [0.3, 0.4) is 0 Å². The van der Waals surface area contributed by atoms with Crippen molar-refractivity contribution >= 4 is 11.2 Å². The Bertz CT molecular complexity index is 837.